The number of carbonyl (C=O) groups is 1. The van der Waals surface area contributed by atoms with Gasteiger partial charge in [0, 0.05) is 23.2 Å². The van der Waals surface area contributed by atoms with E-state index in [4.69, 9.17) is 17.3 Å². The summed E-state index contributed by atoms with van der Waals surface area (Å²) in [6.07, 6.45) is 5.00. The summed E-state index contributed by atoms with van der Waals surface area (Å²) in [5.74, 6) is 0.366. The molecule has 19 heavy (non-hydrogen) atoms. The van der Waals surface area contributed by atoms with Gasteiger partial charge in [-0.15, -0.1) is 12.4 Å². The summed E-state index contributed by atoms with van der Waals surface area (Å²) in [6, 6.07) is 7.32. The second-order valence-corrected chi connectivity index (χ2v) is 5.40. The van der Waals surface area contributed by atoms with Gasteiger partial charge in [0.25, 0.3) is 0 Å². The second-order valence-electron chi connectivity index (χ2n) is 4.97. The molecule has 1 amide bonds. The van der Waals surface area contributed by atoms with Gasteiger partial charge in [0.1, 0.15) is 0 Å². The Kier molecular flexibility index (Phi) is 6.63. The molecule has 3 N–H and O–H groups in total. The standard InChI is InChI=1S/C14H19ClN2O.ClH/c15-11-5-7-12(8-6-11)17-14(18)9-10-3-1-2-4-13(10)16;/h5-8,10,13H,1-4,9,16H2,(H,17,18);1H. The van der Waals surface area contributed by atoms with E-state index in [-0.39, 0.29) is 24.4 Å². The van der Waals surface area contributed by atoms with Crippen molar-refractivity contribution in [1.82, 2.24) is 0 Å². The SMILES string of the molecule is Cl.NC1CCCCC1CC(=O)Nc1ccc(Cl)cc1. The molecule has 0 spiro atoms. The number of carbonyl (C=O) groups excluding carboxylic acids is 1. The summed E-state index contributed by atoms with van der Waals surface area (Å²) in [5.41, 5.74) is 6.83. The molecule has 0 saturated heterocycles. The van der Waals surface area contributed by atoms with Crippen molar-refractivity contribution >= 4 is 35.6 Å². The summed E-state index contributed by atoms with van der Waals surface area (Å²) in [7, 11) is 0. The highest BCUT2D eigenvalue weighted by Gasteiger charge is 2.24. The molecular formula is C14H20Cl2N2O. The molecule has 1 saturated carbocycles. The van der Waals surface area contributed by atoms with E-state index in [2.05, 4.69) is 5.32 Å². The number of nitrogens with two attached hydrogens (primary N) is 1. The predicted octanol–water partition coefficient (Wildman–Crippen LogP) is 3.61. The highest BCUT2D eigenvalue weighted by molar-refractivity contribution is 6.30. The Hall–Kier alpha value is -0.770. The average Bonchev–Trinajstić information content (AvgIpc) is 2.35. The van der Waals surface area contributed by atoms with Crippen LogP contribution in [0.5, 0.6) is 0 Å². The molecule has 1 aromatic rings. The van der Waals surface area contributed by atoms with Crippen LogP contribution >= 0.6 is 24.0 Å². The van der Waals surface area contributed by atoms with E-state index in [0.29, 0.717) is 17.4 Å². The highest BCUT2D eigenvalue weighted by atomic mass is 35.5. The molecule has 5 heteroatoms. The minimum absolute atomic E-state index is 0. The summed E-state index contributed by atoms with van der Waals surface area (Å²) in [5, 5.41) is 3.55. The van der Waals surface area contributed by atoms with Gasteiger partial charge in [0.05, 0.1) is 0 Å². The number of rotatable bonds is 3. The van der Waals surface area contributed by atoms with Crippen molar-refractivity contribution in [3.8, 4) is 0 Å². The van der Waals surface area contributed by atoms with Crippen LogP contribution in [0, 0.1) is 5.92 Å². The third kappa shape index (κ3) is 5.01. The molecule has 0 aromatic heterocycles. The predicted molar refractivity (Wildman–Crippen MR) is 81.9 cm³/mol. The Morgan fingerprint density at radius 2 is 1.89 bits per heavy atom. The van der Waals surface area contributed by atoms with Crippen LogP contribution in [0.2, 0.25) is 5.02 Å². The molecule has 106 valence electrons. The number of benzene rings is 1. The van der Waals surface area contributed by atoms with Crippen molar-refractivity contribution < 1.29 is 4.79 Å². The fourth-order valence-corrected chi connectivity index (χ4v) is 2.60. The minimum atomic E-state index is 0. The van der Waals surface area contributed by atoms with Crippen LogP contribution in [-0.2, 0) is 4.79 Å². The minimum Gasteiger partial charge on any atom is -0.327 e. The van der Waals surface area contributed by atoms with Crippen LogP contribution in [0.15, 0.2) is 24.3 Å². The monoisotopic (exact) mass is 302 g/mol. The first-order valence-electron chi connectivity index (χ1n) is 6.46. The third-order valence-corrected chi connectivity index (χ3v) is 3.80. The van der Waals surface area contributed by atoms with Crippen LogP contribution in [0.3, 0.4) is 0 Å². The Balaban J connectivity index is 0.00000180. The average molecular weight is 303 g/mol. The van der Waals surface area contributed by atoms with E-state index in [0.717, 1.165) is 18.5 Å². The molecule has 0 bridgehead atoms. The van der Waals surface area contributed by atoms with E-state index in [1.54, 1.807) is 24.3 Å². The molecule has 3 nitrogen and oxygen atoms in total. The number of nitrogens with one attached hydrogen (secondary N) is 1. The largest absolute Gasteiger partial charge is 0.327 e. The van der Waals surface area contributed by atoms with Crippen molar-refractivity contribution in [1.29, 1.82) is 0 Å². The van der Waals surface area contributed by atoms with E-state index in [1.807, 2.05) is 0 Å². The molecule has 1 aliphatic carbocycles. The Morgan fingerprint density at radius 1 is 1.26 bits per heavy atom. The molecule has 2 atom stereocenters. The Morgan fingerprint density at radius 3 is 2.53 bits per heavy atom. The molecule has 1 aromatic carbocycles. The summed E-state index contributed by atoms with van der Waals surface area (Å²) >= 11 is 5.79. The highest BCUT2D eigenvalue weighted by Crippen LogP contribution is 2.26. The van der Waals surface area contributed by atoms with Gasteiger partial charge in [-0.2, -0.15) is 0 Å². The van der Waals surface area contributed by atoms with Gasteiger partial charge in [-0.25, -0.2) is 0 Å². The van der Waals surface area contributed by atoms with Gasteiger partial charge >= 0.3 is 0 Å². The molecule has 1 aliphatic rings. The first-order chi connectivity index (χ1) is 8.65. The van der Waals surface area contributed by atoms with Crippen LogP contribution in [-0.4, -0.2) is 11.9 Å². The number of amides is 1. The van der Waals surface area contributed by atoms with E-state index >= 15 is 0 Å². The normalized spacial score (nSPS) is 22.4. The zero-order chi connectivity index (χ0) is 13.0. The number of anilines is 1. The maximum Gasteiger partial charge on any atom is 0.224 e. The maximum atomic E-state index is 11.9. The van der Waals surface area contributed by atoms with Crippen molar-refractivity contribution in [2.75, 3.05) is 5.32 Å². The molecule has 0 radical (unpaired) electrons. The van der Waals surface area contributed by atoms with E-state index in [1.165, 1.54) is 12.8 Å². The zero-order valence-electron chi connectivity index (χ0n) is 10.8. The van der Waals surface area contributed by atoms with Crippen LogP contribution < -0.4 is 11.1 Å². The number of hydrogen-bond donors (Lipinski definition) is 2. The molecule has 0 heterocycles. The smallest absolute Gasteiger partial charge is 0.224 e. The van der Waals surface area contributed by atoms with E-state index in [9.17, 15) is 4.79 Å². The van der Waals surface area contributed by atoms with Crippen LogP contribution in [0.1, 0.15) is 32.1 Å². The maximum absolute atomic E-state index is 11.9. The molecule has 2 unspecified atom stereocenters. The Bertz CT molecular complexity index is 408. The van der Waals surface area contributed by atoms with Gasteiger partial charge in [0.2, 0.25) is 5.91 Å². The van der Waals surface area contributed by atoms with Crippen molar-refractivity contribution in [2.24, 2.45) is 11.7 Å². The van der Waals surface area contributed by atoms with Gasteiger partial charge in [-0.1, -0.05) is 24.4 Å². The second kappa shape index (κ2) is 7.73. The lowest BCUT2D eigenvalue weighted by atomic mass is 9.83. The summed E-state index contributed by atoms with van der Waals surface area (Å²) in [6.45, 7) is 0. The van der Waals surface area contributed by atoms with E-state index < -0.39 is 0 Å². The van der Waals surface area contributed by atoms with Gasteiger partial charge in [0.15, 0.2) is 0 Å². The first kappa shape index (κ1) is 16.3. The Labute approximate surface area is 125 Å². The van der Waals surface area contributed by atoms with Gasteiger partial charge in [-0.05, 0) is 43.0 Å². The quantitative estimate of drug-likeness (QED) is 0.896. The molecule has 1 fully saturated rings. The molecule has 2 rings (SSSR count). The summed E-state index contributed by atoms with van der Waals surface area (Å²) in [4.78, 5) is 11.9. The topological polar surface area (TPSA) is 55.1 Å². The van der Waals surface area contributed by atoms with Crippen molar-refractivity contribution in [2.45, 2.75) is 38.1 Å². The van der Waals surface area contributed by atoms with Crippen LogP contribution in [0.25, 0.3) is 0 Å². The molecular weight excluding hydrogens is 283 g/mol. The lowest BCUT2D eigenvalue weighted by molar-refractivity contribution is -0.117. The molecule has 0 aliphatic heterocycles. The van der Waals surface area contributed by atoms with Gasteiger partial charge in [-0.3, -0.25) is 4.79 Å². The fraction of sp³-hybridized carbons (Fsp3) is 0.500. The van der Waals surface area contributed by atoms with Gasteiger partial charge < -0.3 is 11.1 Å². The third-order valence-electron chi connectivity index (χ3n) is 3.54. The number of hydrogen-bond acceptors (Lipinski definition) is 2. The van der Waals surface area contributed by atoms with Crippen molar-refractivity contribution in [3.05, 3.63) is 29.3 Å². The summed E-state index contributed by atoms with van der Waals surface area (Å²) < 4.78 is 0. The van der Waals surface area contributed by atoms with Crippen LogP contribution in [0.4, 0.5) is 5.69 Å². The fourth-order valence-electron chi connectivity index (χ4n) is 2.47. The first-order valence-corrected chi connectivity index (χ1v) is 6.84. The number of halogens is 2. The van der Waals surface area contributed by atoms with Crippen molar-refractivity contribution in [3.63, 3.8) is 0 Å². The lowest BCUT2D eigenvalue weighted by Gasteiger charge is -2.27. The zero-order valence-corrected chi connectivity index (χ0v) is 12.3. The lowest BCUT2D eigenvalue weighted by Crippen LogP contribution is -2.35.